The van der Waals surface area contributed by atoms with Crippen LogP contribution in [0.3, 0.4) is 0 Å². The van der Waals surface area contributed by atoms with Crippen molar-refractivity contribution in [3.63, 3.8) is 0 Å². The predicted octanol–water partition coefficient (Wildman–Crippen LogP) is 0.260. The van der Waals surface area contributed by atoms with Crippen LogP contribution >= 0.6 is 0 Å². The summed E-state index contributed by atoms with van der Waals surface area (Å²) in [6.45, 7) is 3.84. The zero-order valence-corrected chi connectivity index (χ0v) is 10.4. The molecule has 4 nitrogen and oxygen atoms in total. The van der Waals surface area contributed by atoms with Crippen LogP contribution in [0.5, 0.6) is 0 Å². The van der Waals surface area contributed by atoms with Gasteiger partial charge in [0.25, 0.3) is 0 Å². The molecule has 4 heteroatoms. The summed E-state index contributed by atoms with van der Waals surface area (Å²) in [6.07, 6.45) is 0. The molecule has 0 unspecified atom stereocenters. The van der Waals surface area contributed by atoms with E-state index < -0.39 is 0 Å². The van der Waals surface area contributed by atoms with Gasteiger partial charge in [-0.3, -0.25) is 4.90 Å². The van der Waals surface area contributed by atoms with Crippen molar-refractivity contribution in [2.24, 2.45) is 0 Å². The van der Waals surface area contributed by atoms with Crippen molar-refractivity contribution in [3.05, 3.63) is 35.9 Å². The zero-order valence-electron chi connectivity index (χ0n) is 10.4. The molecular formula is C13H23NO3. The summed E-state index contributed by atoms with van der Waals surface area (Å²) in [5, 5.41) is 25.5. The van der Waals surface area contributed by atoms with Crippen LogP contribution in [0.2, 0.25) is 0 Å². The number of hydrogen-bond acceptors (Lipinski definition) is 4. The van der Waals surface area contributed by atoms with Gasteiger partial charge in [-0.15, -0.1) is 0 Å². The van der Waals surface area contributed by atoms with E-state index in [2.05, 4.69) is 19.1 Å². The molecule has 0 saturated carbocycles. The molecule has 98 valence electrons. The first-order valence-electron chi connectivity index (χ1n) is 5.81. The van der Waals surface area contributed by atoms with Crippen LogP contribution in [-0.2, 0) is 0 Å². The third-order valence-electron chi connectivity index (χ3n) is 2.19. The summed E-state index contributed by atoms with van der Waals surface area (Å²) >= 11 is 0. The van der Waals surface area contributed by atoms with Crippen LogP contribution in [-0.4, -0.2) is 59.7 Å². The summed E-state index contributed by atoms with van der Waals surface area (Å²) in [4.78, 5) is 1.79. The Kier molecular flexibility index (Phi) is 10.9. The Bertz CT molecular complexity index is 240. The minimum absolute atomic E-state index is 0.0694. The Hall–Kier alpha value is -0.940. The van der Waals surface area contributed by atoms with Crippen molar-refractivity contribution in [2.45, 2.75) is 6.92 Å². The summed E-state index contributed by atoms with van der Waals surface area (Å²) in [7, 11) is 0. The molecule has 1 aromatic rings. The number of nitrogens with zero attached hydrogens (tertiary/aromatic N) is 1. The largest absolute Gasteiger partial charge is 0.395 e. The maximum Gasteiger partial charge on any atom is 0.0558 e. The minimum atomic E-state index is 0.0694. The fourth-order valence-electron chi connectivity index (χ4n) is 1.29. The number of rotatable bonds is 6. The van der Waals surface area contributed by atoms with E-state index in [0.29, 0.717) is 19.6 Å². The average molecular weight is 241 g/mol. The third kappa shape index (κ3) is 9.96. The van der Waals surface area contributed by atoms with Gasteiger partial charge in [0.1, 0.15) is 0 Å². The first-order chi connectivity index (χ1) is 8.24. The molecule has 0 aromatic heterocycles. The molecule has 0 radical (unpaired) electrons. The first kappa shape index (κ1) is 16.1. The molecule has 1 rings (SSSR count). The van der Waals surface area contributed by atoms with Gasteiger partial charge in [-0.05, 0) is 6.92 Å². The molecule has 0 amide bonds. The fraction of sp³-hybridized carbons (Fsp3) is 0.538. The second-order valence-corrected chi connectivity index (χ2v) is 3.67. The molecule has 0 aliphatic heterocycles. The second kappa shape index (κ2) is 11.5. The zero-order chi connectivity index (χ0) is 12.9. The third-order valence-corrected chi connectivity index (χ3v) is 2.19. The summed E-state index contributed by atoms with van der Waals surface area (Å²) < 4.78 is 0. The molecule has 0 fully saturated rings. The minimum Gasteiger partial charge on any atom is -0.395 e. The second-order valence-electron chi connectivity index (χ2n) is 3.67. The standard InChI is InChI=1S/C7H8.C6H15NO3/c1-7-5-3-2-4-6-7;8-4-1-7(2-5-9)3-6-10/h2-6H,1H3;8-10H,1-6H2. The molecular weight excluding hydrogens is 218 g/mol. The van der Waals surface area contributed by atoms with Crippen LogP contribution in [0.1, 0.15) is 5.56 Å². The van der Waals surface area contributed by atoms with E-state index >= 15 is 0 Å². The van der Waals surface area contributed by atoms with Crippen molar-refractivity contribution in [1.29, 1.82) is 0 Å². The lowest BCUT2D eigenvalue weighted by Crippen LogP contribution is -2.32. The molecule has 0 spiro atoms. The lowest BCUT2D eigenvalue weighted by atomic mass is 10.2. The monoisotopic (exact) mass is 241 g/mol. The SMILES string of the molecule is Cc1ccccc1.OCCN(CCO)CCO. The Morgan fingerprint density at radius 1 is 0.824 bits per heavy atom. The van der Waals surface area contributed by atoms with Crippen molar-refractivity contribution >= 4 is 0 Å². The van der Waals surface area contributed by atoms with Crippen LogP contribution in [0, 0.1) is 6.92 Å². The smallest absolute Gasteiger partial charge is 0.0558 e. The van der Waals surface area contributed by atoms with Crippen LogP contribution in [0.4, 0.5) is 0 Å². The highest BCUT2D eigenvalue weighted by Gasteiger charge is 2.00. The lowest BCUT2D eigenvalue weighted by Gasteiger charge is -2.17. The van der Waals surface area contributed by atoms with Gasteiger partial charge < -0.3 is 15.3 Å². The molecule has 0 aliphatic carbocycles. The van der Waals surface area contributed by atoms with Crippen molar-refractivity contribution in [2.75, 3.05) is 39.5 Å². The van der Waals surface area contributed by atoms with Gasteiger partial charge in [0.05, 0.1) is 19.8 Å². The molecule has 0 aliphatic rings. The van der Waals surface area contributed by atoms with Gasteiger partial charge >= 0.3 is 0 Å². The van der Waals surface area contributed by atoms with E-state index in [1.807, 2.05) is 18.2 Å². The normalized spacial score (nSPS) is 9.94. The van der Waals surface area contributed by atoms with E-state index in [-0.39, 0.29) is 19.8 Å². The van der Waals surface area contributed by atoms with Crippen molar-refractivity contribution in [3.8, 4) is 0 Å². The fourth-order valence-corrected chi connectivity index (χ4v) is 1.29. The summed E-state index contributed by atoms with van der Waals surface area (Å²) in [5.74, 6) is 0. The number of aliphatic hydroxyl groups excluding tert-OH is 3. The molecule has 17 heavy (non-hydrogen) atoms. The molecule has 0 atom stereocenters. The lowest BCUT2D eigenvalue weighted by molar-refractivity contribution is 0.136. The van der Waals surface area contributed by atoms with E-state index in [1.54, 1.807) is 4.90 Å². The van der Waals surface area contributed by atoms with Gasteiger partial charge in [-0.1, -0.05) is 35.9 Å². The van der Waals surface area contributed by atoms with Crippen molar-refractivity contribution in [1.82, 2.24) is 4.90 Å². The number of aliphatic hydroxyl groups is 3. The van der Waals surface area contributed by atoms with Gasteiger partial charge in [0, 0.05) is 19.6 Å². The molecule has 1 aromatic carbocycles. The van der Waals surface area contributed by atoms with E-state index in [1.165, 1.54) is 5.56 Å². The maximum atomic E-state index is 8.48. The molecule has 0 saturated heterocycles. The van der Waals surface area contributed by atoms with Crippen LogP contribution in [0.15, 0.2) is 30.3 Å². The summed E-state index contributed by atoms with van der Waals surface area (Å²) in [5.41, 5.74) is 1.32. The Morgan fingerprint density at radius 2 is 1.24 bits per heavy atom. The van der Waals surface area contributed by atoms with E-state index in [0.717, 1.165) is 0 Å². The van der Waals surface area contributed by atoms with Crippen molar-refractivity contribution < 1.29 is 15.3 Å². The quantitative estimate of drug-likeness (QED) is 0.668. The first-order valence-corrected chi connectivity index (χ1v) is 5.81. The van der Waals surface area contributed by atoms with Crippen LogP contribution < -0.4 is 0 Å². The predicted molar refractivity (Wildman–Crippen MR) is 68.9 cm³/mol. The Balaban J connectivity index is 0.000000318. The topological polar surface area (TPSA) is 63.9 Å². The van der Waals surface area contributed by atoms with Gasteiger partial charge in [-0.25, -0.2) is 0 Å². The highest BCUT2D eigenvalue weighted by molar-refractivity contribution is 5.11. The van der Waals surface area contributed by atoms with Crippen LogP contribution in [0.25, 0.3) is 0 Å². The number of hydrogen-bond donors (Lipinski definition) is 3. The van der Waals surface area contributed by atoms with Gasteiger partial charge in [-0.2, -0.15) is 0 Å². The molecule has 0 heterocycles. The highest BCUT2D eigenvalue weighted by Crippen LogP contribution is 1.92. The van der Waals surface area contributed by atoms with Gasteiger partial charge in [0.15, 0.2) is 0 Å². The molecule has 3 N–H and O–H groups in total. The number of aryl methyl sites for hydroxylation is 1. The highest BCUT2D eigenvalue weighted by atomic mass is 16.3. The van der Waals surface area contributed by atoms with E-state index in [9.17, 15) is 0 Å². The Morgan fingerprint density at radius 3 is 1.47 bits per heavy atom. The maximum absolute atomic E-state index is 8.48. The van der Waals surface area contributed by atoms with E-state index in [4.69, 9.17) is 15.3 Å². The van der Waals surface area contributed by atoms with Gasteiger partial charge in [0.2, 0.25) is 0 Å². The summed E-state index contributed by atoms with van der Waals surface area (Å²) in [6, 6.07) is 10.3. The average Bonchev–Trinajstić information content (AvgIpc) is 2.32. The molecule has 0 bridgehead atoms. The number of benzene rings is 1. The Labute approximate surface area is 103 Å².